The molecule has 0 atom stereocenters. The van der Waals surface area contributed by atoms with Gasteiger partial charge in [-0.05, 0) is 30.8 Å². The van der Waals surface area contributed by atoms with Crippen molar-refractivity contribution in [2.45, 2.75) is 0 Å². The van der Waals surface area contributed by atoms with E-state index in [1.807, 2.05) is 23.1 Å². The molecule has 1 fully saturated rings. The summed E-state index contributed by atoms with van der Waals surface area (Å²) >= 11 is 1.48. The van der Waals surface area contributed by atoms with E-state index >= 15 is 0 Å². The number of ether oxygens (including phenoxy) is 1. The molecule has 1 N–H and O–H groups in total. The average Bonchev–Trinajstić information content (AvgIpc) is 3.09. The molecule has 1 aliphatic rings. The summed E-state index contributed by atoms with van der Waals surface area (Å²) in [7, 11) is 3.70. The van der Waals surface area contributed by atoms with Crippen molar-refractivity contribution in [3.63, 3.8) is 0 Å². The molecule has 140 valence electrons. The van der Waals surface area contributed by atoms with Crippen LogP contribution in [0.4, 0.5) is 9.93 Å². The predicted octanol–water partition coefficient (Wildman–Crippen LogP) is 3.15. The summed E-state index contributed by atoms with van der Waals surface area (Å²) in [5.41, 5.74) is 2.88. The molecule has 2 amide bonds. The molecule has 0 saturated carbocycles. The van der Waals surface area contributed by atoms with Crippen molar-refractivity contribution in [1.82, 2.24) is 19.8 Å². The summed E-state index contributed by atoms with van der Waals surface area (Å²) in [6, 6.07) is 7.90. The normalized spacial score (nSPS) is 15.1. The number of carbonyl (C=O) groups excluding carboxylic acids is 1. The molecule has 0 radical (unpaired) electrons. The molecular weight excluding hydrogens is 362 g/mol. The van der Waals surface area contributed by atoms with Gasteiger partial charge in [-0.15, -0.1) is 0 Å². The fraction of sp³-hybridized carbons (Fsp3) is 0.316. The second-order valence-electron chi connectivity index (χ2n) is 6.54. The number of benzene rings is 1. The Hall–Kier alpha value is -2.71. The minimum Gasteiger partial charge on any atom is -0.495 e. The number of hydrogen-bond acceptors (Lipinski definition) is 6. The van der Waals surface area contributed by atoms with Crippen molar-refractivity contribution in [2.24, 2.45) is 0 Å². The number of likely N-dealkylation sites (N-methyl/N-ethyl adjacent to an activating group) is 1. The van der Waals surface area contributed by atoms with Crippen molar-refractivity contribution >= 4 is 32.7 Å². The quantitative estimate of drug-likeness (QED) is 0.752. The lowest BCUT2D eigenvalue weighted by molar-refractivity contribution is 0.164. The van der Waals surface area contributed by atoms with Crippen LogP contribution in [0.25, 0.3) is 21.3 Å². The van der Waals surface area contributed by atoms with E-state index in [2.05, 4.69) is 33.3 Å². The van der Waals surface area contributed by atoms with Crippen LogP contribution in [0, 0.1) is 0 Å². The van der Waals surface area contributed by atoms with Crippen LogP contribution in [0.5, 0.6) is 5.75 Å². The molecule has 0 bridgehead atoms. The number of nitrogens with one attached hydrogen (secondary N) is 1. The van der Waals surface area contributed by atoms with Gasteiger partial charge in [0.2, 0.25) is 0 Å². The number of nitrogens with zero attached hydrogens (tertiary/aromatic N) is 4. The van der Waals surface area contributed by atoms with Gasteiger partial charge in [0.25, 0.3) is 0 Å². The molecule has 3 heterocycles. The van der Waals surface area contributed by atoms with Gasteiger partial charge in [0.1, 0.15) is 5.75 Å². The van der Waals surface area contributed by atoms with Crippen LogP contribution in [-0.4, -0.2) is 66.1 Å². The SMILES string of the molecule is COc1cncc(-c2ccc3nc(NC(=O)N4CCN(C)CC4)sc3c2)c1. The van der Waals surface area contributed by atoms with E-state index in [1.54, 1.807) is 19.5 Å². The largest absolute Gasteiger partial charge is 0.495 e. The maximum Gasteiger partial charge on any atom is 0.323 e. The number of piperazine rings is 1. The topological polar surface area (TPSA) is 70.6 Å². The zero-order valence-electron chi connectivity index (χ0n) is 15.3. The first-order chi connectivity index (χ1) is 13.1. The van der Waals surface area contributed by atoms with Crippen molar-refractivity contribution in [3.8, 4) is 16.9 Å². The van der Waals surface area contributed by atoms with E-state index in [0.29, 0.717) is 5.13 Å². The number of methoxy groups -OCH3 is 1. The third-order valence-corrected chi connectivity index (χ3v) is 5.61. The van der Waals surface area contributed by atoms with E-state index in [-0.39, 0.29) is 6.03 Å². The van der Waals surface area contributed by atoms with Crippen LogP contribution in [0.1, 0.15) is 0 Å². The van der Waals surface area contributed by atoms with Crippen molar-refractivity contribution in [3.05, 3.63) is 36.7 Å². The molecule has 1 aromatic carbocycles. The second kappa shape index (κ2) is 7.50. The van der Waals surface area contributed by atoms with Crippen molar-refractivity contribution in [2.75, 3.05) is 45.7 Å². The zero-order chi connectivity index (χ0) is 18.8. The third kappa shape index (κ3) is 3.86. The number of hydrogen-bond donors (Lipinski definition) is 1. The Balaban J connectivity index is 1.53. The van der Waals surface area contributed by atoms with Gasteiger partial charge in [0.15, 0.2) is 5.13 Å². The Morgan fingerprint density at radius 1 is 1.15 bits per heavy atom. The lowest BCUT2D eigenvalue weighted by Gasteiger charge is -2.32. The zero-order valence-corrected chi connectivity index (χ0v) is 16.1. The number of aromatic nitrogens is 2. The second-order valence-corrected chi connectivity index (χ2v) is 7.57. The van der Waals surface area contributed by atoms with E-state index < -0.39 is 0 Å². The Morgan fingerprint density at radius 3 is 2.74 bits per heavy atom. The van der Waals surface area contributed by atoms with E-state index in [0.717, 1.165) is 53.3 Å². The van der Waals surface area contributed by atoms with Gasteiger partial charge in [0.05, 0.1) is 23.5 Å². The Kier molecular flexibility index (Phi) is 4.91. The minimum absolute atomic E-state index is 0.0839. The first-order valence-electron chi connectivity index (χ1n) is 8.77. The van der Waals surface area contributed by atoms with Gasteiger partial charge >= 0.3 is 6.03 Å². The molecule has 3 aromatic rings. The van der Waals surface area contributed by atoms with Gasteiger partial charge in [-0.3, -0.25) is 10.3 Å². The smallest absolute Gasteiger partial charge is 0.323 e. The lowest BCUT2D eigenvalue weighted by Crippen LogP contribution is -2.48. The molecule has 8 heteroatoms. The average molecular weight is 383 g/mol. The number of pyridine rings is 1. The number of anilines is 1. The third-order valence-electron chi connectivity index (χ3n) is 4.67. The van der Waals surface area contributed by atoms with Gasteiger partial charge in [-0.1, -0.05) is 17.4 Å². The molecule has 1 saturated heterocycles. The maximum absolute atomic E-state index is 12.5. The molecular formula is C19H21N5O2S. The number of urea groups is 1. The van der Waals surface area contributed by atoms with Gasteiger partial charge in [-0.2, -0.15) is 0 Å². The standard InChI is InChI=1S/C19H21N5O2S/c1-23-5-7-24(8-6-23)19(25)22-18-21-16-4-3-13(10-17(16)27-18)14-9-15(26-2)12-20-11-14/h3-4,9-12H,5-8H2,1-2H3,(H,21,22,25). The molecule has 27 heavy (non-hydrogen) atoms. The highest BCUT2D eigenvalue weighted by molar-refractivity contribution is 7.22. The summed E-state index contributed by atoms with van der Waals surface area (Å²) in [4.78, 5) is 25.3. The summed E-state index contributed by atoms with van der Waals surface area (Å²) in [5, 5.41) is 3.56. The molecule has 0 aliphatic carbocycles. The number of rotatable bonds is 3. The van der Waals surface area contributed by atoms with Gasteiger partial charge in [0, 0.05) is 37.9 Å². The van der Waals surface area contributed by atoms with Crippen LogP contribution in [0.15, 0.2) is 36.7 Å². The number of thiazole rings is 1. The van der Waals surface area contributed by atoms with Gasteiger partial charge in [-0.25, -0.2) is 9.78 Å². The fourth-order valence-corrected chi connectivity index (χ4v) is 3.92. The number of fused-ring (bicyclic) bond motifs is 1. The highest BCUT2D eigenvalue weighted by atomic mass is 32.1. The summed E-state index contributed by atoms with van der Waals surface area (Å²) in [6.45, 7) is 3.26. The molecule has 0 unspecified atom stereocenters. The molecule has 1 aliphatic heterocycles. The summed E-state index contributed by atoms with van der Waals surface area (Å²) < 4.78 is 6.27. The molecule has 0 spiro atoms. The Labute approximate surface area is 161 Å². The highest BCUT2D eigenvalue weighted by Crippen LogP contribution is 2.31. The predicted molar refractivity (Wildman–Crippen MR) is 107 cm³/mol. The number of carbonyl (C=O) groups is 1. The van der Waals surface area contributed by atoms with Crippen LogP contribution < -0.4 is 10.1 Å². The van der Waals surface area contributed by atoms with Crippen LogP contribution >= 0.6 is 11.3 Å². The fourth-order valence-electron chi connectivity index (χ4n) is 3.03. The Bertz CT molecular complexity index is 966. The van der Waals surface area contributed by atoms with E-state index in [1.165, 1.54) is 11.3 Å². The summed E-state index contributed by atoms with van der Waals surface area (Å²) in [5.74, 6) is 0.719. The first kappa shape index (κ1) is 17.7. The van der Waals surface area contributed by atoms with Crippen molar-refractivity contribution in [1.29, 1.82) is 0 Å². The van der Waals surface area contributed by atoms with Crippen LogP contribution in [0.3, 0.4) is 0 Å². The summed E-state index contributed by atoms with van der Waals surface area (Å²) in [6.07, 6.45) is 3.49. The number of amides is 2. The molecule has 4 rings (SSSR count). The monoisotopic (exact) mass is 383 g/mol. The van der Waals surface area contributed by atoms with Crippen LogP contribution in [0.2, 0.25) is 0 Å². The lowest BCUT2D eigenvalue weighted by atomic mass is 10.1. The molecule has 2 aromatic heterocycles. The first-order valence-corrected chi connectivity index (χ1v) is 9.58. The van der Waals surface area contributed by atoms with Crippen LogP contribution in [-0.2, 0) is 0 Å². The van der Waals surface area contributed by atoms with E-state index in [4.69, 9.17) is 4.74 Å². The Morgan fingerprint density at radius 2 is 1.96 bits per heavy atom. The highest BCUT2D eigenvalue weighted by Gasteiger charge is 2.20. The van der Waals surface area contributed by atoms with Gasteiger partial charge < -0.3 is 14.5 Å². The minimum atomic E-state index is -0.0839. The van der Waals surface area contributed by atoms with Crippen molar-refractivity contribution < 1.29 is 9.53 Å². The van der Waals surface area contributed by atoms with E-state index in [9.17, 15) is 4.79 Å². The maximum atomic E-state index is 12.5. The molecule has 7 nitrogen and oxygen atoms in total.